The minimum absolute atomic E-state index is 0.113. The predicted octanol–water partition coefficient (Wildman–Crippen LogP) is 5.31. The molecule has 5 nitrogen and oxygen atoms in total. The van der Waals surface area contributed by atoms with Gasteiger partial charge in [-0.1, -0.05) is 32.9 Å². The smallest absolute Gasteiger partial charge is 0.157 e. The quantitative estimate of drug-likeness (QED) is 0.543. The molecule has 0 amide bonds. The zero-order valence-corrected chi connectivity index (χ0v) is 15.1. The summed E-state index contributed by atoms with van der Waals surface area (Å²) < 4.78 is 11.3. The molecule has 0 spiro atoms. The number of hydrogen-bond donors (Lipinski definition) is 1. The summed E-state index contributed by atoms with van der Waals surface area (Å²) in [4.78, 5) is 12.4. The predicted molar refractivity (Wildman–Crippen MR) is 102 cm³/mol. The lowest BCUT2D eigenvalue weighted by Crippen LogP contribution is -2.16. The summed E-state index contributed by atoms with van der Waals surface area (Å²) in [5, 5.41) is 0. The first kappa shape index (κ1) is 16.4. The van der Waals surface area contributed by atoms with Gasteiger partial charge in [-0.15, -0.1) is 0 Å². The monoisotopic (exact) mass is 347 g/mol. The molecule has 0 radical (unpaired) electrons. The minimum atomic E-state index is 0.113. The average molecular weight is 347 g/mol. The van der Waals surface area contributed by atoms with Gasteiger partial charge < -0.3 is 14.1 Å². The summed E-state index contributed by atoms with van der Waals surface area (Å²) in [5.74, 6) is 2.38. The van der Waals surface area contributed by atoms with E-state index in [1.165, 1.54) is 0 Å². The summed E-state index contributed by atoms with van der Waals surface area (Å²) in [6.07, 6.45) is 3.44. The van der Waals surface area contributed by atoms with Crippen molar-refractivity contribution in [2.24, 2.45) is 5.41 Å². The zero-order chi connectivity index (χ0) is 18.1. The van der Waals surface area contributed by atoms with Crippen molar-refractivity contribution in [1.29, 1.82) is 0 Å². The van der Waals surface area contributed by atoms with E-state index in [2.05, 4.69) is 35.7 Å². The molecule has 4 aromatic rings. The summed E-state index contributed by atoms with van der Waals surface area (Å²) in [6, 6.07) is 13.7. The fourth-order valence-corrected chi connectivity index (χ4v) is 2.64. The van der Waals surface area contributed by atoms with E-state index in [4.69, 9.17) is 9.15 Å². The Labute approximate surface area is 152 Å². The van der Waals surface area contributed by atoms with Crippen molar-refractivity contribution < 1.29 is 9.15 Å². The highest BCUT2D eigenvalue weighted by atomic mass is 16.5. The Bertz CT molecular complexity index is 1030. The van der Waals surface area contributed by atoms with E-state index in [-0.39, 0.29) is 5.41 Å². The number of pyridine rings is 1. The maximum atomic E-state index is 5.91. The molecule has 132 valence electrons. The number of furan rings is 1. The molecule has 4 rings (SSSR count). The number of H-pyrrole nitrogens is 1. The van der Waals surface area contributed by atoms with E-state index >= 15 is 0 Å². The van der Waals surface area contributed by atoms with Crippen LogP contribution in [-0.2, 0) is 0 Å². The largest absolute Gasteiger partial charge is 0.493 e. The van der Waals surface area contributed by atoms with E-state index in [0.29, 0.717) is 6.61 Å². The van der Waals surface area contributed by atoms with E-state index in [1.54, 1.807) is 12.5 Å². The van der Waals surface area contributed by atoms with Crippen LogP contribution in [0.4, 0.5) is 0 Å². The number of imidazole rings is 1. The van der Waals surface area contributed by atoms with Gasteiger partial charge in [0, 0.05) is 17.3 Å². The Morgan fingerprint density at radius 2 is 1.96 bits per heavy atom. The van der Waals surface area contributed by atoms with Crippen molar-refractivity contribution in [3.63, 3.8) is 0 Å². The molecule has 0 atom stereocenters. The Balaban J connectivity index is 1.64. The first-order valence-corrected chi connectivity index (χ1v) is 8.61. The molecular weight excluding hydrogens is 326 g/mol. The Kier molecular flexibility index (Phi) is 3.99. The number of fused-ring (bicyclic) bond motifs is 1. The highest BCUT2D eigenvalue weighted by molar-refractivity contribution is 5.80. The van der Waals surface area contributed by atoms with Crippen LogP contribution in [-0.4, -0.2) is 21.6 Å². The lowest BCUT2D eigenvalue weighted by molar-refractivity contribution is 0.198. The van der Waals surface area contributed by atoms with Gasteiger partial charge in [0.1, 0.15) is 22.9 Å². The number of nitrogens with zero attached hydrogens (tertiary/aromatic N) is 2. The summed E-state index contributed by atoms with van der Waals surface area (Å²) in [7, 11) is 0. The number of aromatic amines is 1. The van der Waals surface area contributed by atoms with Crippen molar-refractivity contribution in [3.8, 4) is 28.5 Å². The van der Waals surface area contributed by atoms with Crippen molar-refractivity contribution in [2.75, 3.05) is 6.61 Å². The number of nitrogens with one attached hydrogen (secondary N) is 1. The van der Waals surface area contributed by atoms with E-state index in [1.807, 2.05) is 42.5 Å². The van der Waals surface area contributed by atoms with Crippen LogP contribution in [0.15, 0.2) is 59.3 Å². The Morgan fingerprint density at radius 3 is 2.73 bits per heavy atom. The van der Waals surface area contributed by atoms with Crippen molar-refractivity contribution in [2.45, 2.75) is 20.8 Å². The highest BCUT2D eigenvalue weighted by Crippen LogP contribution is 2.27. The first-order valence-electron chi connectivity index (χ1n) is 8.61. The summed E-state index contributed by atoms with van der Waals surface area (Å²) >= 11 is 0. The molecule has 0 bridgehead atoms. The molecule has 1 aromatic carbocycles. The van der Waals surface area contributed by atoms with Gasteiger partial charge in [0.25, 0.3) is 0 Å². The van der Waals surface area contributed by atoms with Gasteiger partial charge in [0.2, 0.25) is 0 Å². The van der Waals surface area contributed by atoms with E-state index in [9.17, 15) is 0 Å². The van der Waals surface area contributed by atoms with Crippen molar-refractivity contribution in [1.82, 2.24) is 15.0 Å². The highest BCUT2D eigenvalue weighted by Gasteiger charge is 2.13. The molecule has 0 aliphatic carbocycles. The number of rotatable bonds is 4. The normalized spacial score (nSPS) is 11.8. The van der Waals surface area contributed by atoms with Crippen molar-refractivity contribution in [3.05, 3.63) is 54.9 Å². The van der Waals surface area contributed by atoms with Gasteiger partial charge >= 0.3 is 0 Å². The Hall–Kier alpha value is -3.08. The summed E-state index contributed by atoms with van der Waals surface area (Å²) in [6.45, 7) is 7.11. The van der Waals surface area contributed by atoms with Gasteiger partial charge in [-0.2, -0.15) is 0 Å². The molecule has 26 heavy (non-hydrogen) atoms. The molecule has 0 fully saturated rings. The molecule has 3 aromatic heterocycles. The lowest BCUT2D eigenvalue weighted by Gasteiger charge is -2.19. The molecule has 1 N–H and O–H groups in total. The lowest BCUT2D eigenvalue weighted by atomic mass is 9.99. The molecule has 0 unspecified atom stereocenters. The second kappa shape index (κ2) is 6.33. The van der Waals surface area contributed by atoms with Gasteiger partial charge in [-0.05, 0) is 35.7 Å². The second-order valence-corrected chi connectivity index (χ2v) is 7.53. The van der Waals surface area contributed by atoms with Gasteiger partial charge in [0.15, 0.2) is 5.65 Å². The third kappa shape index (κ3) is 3.47. The number of hydrogen-bond acceptors (Lipinski definition) is 4. The van der Waals surface area contributed by atoms with Crippen LogP contribution in [0, 0.1) is 5.41 Å². The second-order valence-electron chi connectivity index (χ2n) is 7.53. The van der Waals surface area contributed by atoms with E-state index in [0.717, 1.165) is 39.6 Å². The van der Waals surface area contributed by atoms with E-state index < -0.39 is 0 Å². The molecule has 0 saturated carbocycles. The molecule has 0 saturated heterocycles. The topological polar surface area (TPSA) is 63.9 Å². The third-order valence-electron chi connectivity index (χ3n) is 3.92. The first-order chi connectivity index (χ1) is 12.5. The fraction of sp³-hybridized carbons (Fsp3) is 0.238. The standard InChI is InChI=1S/C21H21N3O2/c1-21(2,3)13-26-16-7-4-6-14(10-16)19-23-17-11-15(12-22-20(17)24-19)18-8-5-9-25-18/h4-12H,13H2,1-3H3,(H,22,23,24). The molecule has 0 aliphatic rings. The van der Waals surface area contributed by atoms with Crippen LogP contribution in [0.5, 0.6) is 5.75 Å². The van der Waals surface area contributed by atoms with Crippen LogP contribution in [0.1, 0.15) is 20.8 Å². The van der Waals surface area contributed by atoms with Crippen molar-refractivity contribution >= 4 is 11.2 Å². The molecule has 0 aliphatic heterocycles. The third-order valence-corrected chi connectivity index (χ3v) is 3.92. The molecular formula is C21H21N3O2. The number of aromatic nitrogens is 3. The molecule has 3 heterocycles. The molecule has 5 heteroatoms. The van der Waals surface area contributed by atoms with Crippen LogP contribution >= 0.6 is 0 Å². The minimum Gasteiger partial charge on any atom is -0.493 e. The van der Waals surface area contributed by atoms with Crippen LogP contribution in [0.25, 0.3) is 33.9 Å². The fourth-order valence-electron chi connectivity index (χ4n) is 2.64. The average Bonchev–Trinajstić information content (AvgIpc) is 3.28. The number of ether oxygens (including phenoxy) is 1. The van der Waals surface area contributed by atoms with Crippen LogP contribution in [0.3, 0.4) is 0 Å². The van der Waals surface area contributed by atoms with Crippen LogP contribution in [0.2, 0.25) is 0 Å². The Morgan fingerprint density at radius 1 is 1.08 bits per heavy atom. The van der Waals surface area contributed by atoms with Gasteiger partial charge in [-0.25, -0.2) is 9.97 Å². The SMILES string of the molecule is CC(C)(C)COc1cccc(-c2nc3cc(-c4ccco4)cnc3[nH]2)c1. The zero-order valence-electron chi connectivity index (χ0n) is 15.1. The van der Waals surface area contributed by atoms with Crippen LogP contribution < -0.4 is 4.74 Å². The number of benzene rings is 1. The van der Waals surface area contributed by atoms with Gasteiger partial charge in [0.05, 0.1) is 12.9 Å². The van der Waals surface area contributed by atoms with Gasteiger partial charge in [-0.3, -0.25) is 0 Å². The maximum Gasteiger partial charge on any atom is 0.157 e. The maximum absolute atomic E-state index is 5.91. The summed E-state index contributed by atoms with van der Waals surface area (Å²) in [5.41, 5.74) is 3.53.